The molecule has 0 spiro atoms. The van der Waals surface area contributed by atoms with Crippen LogP contribution in [-0.2, 0) is 6.54 Å². The molecule has 0 bridgehead atoms. The topological polar surface area (TPSA) is 71.1 Å². The predicted molar refractivity (Wildman–Crippen MR) is 132 cm³/mol. The molecule has 0 aliphatic carbocycles. The molecule has 0 saturated carbocycles. The molecule has 2 aliphatic rings. The number of fused-ring (bicyclic) bond motifs is 1. The Morgan fingerprint density at radius 3 is 2.27 bits per heavy atom. The Labute approximate surface area is 194 Å². The number of benzene rings is 3. The average Bonchev–Trinajstić information content (AvgIpc) is 3.21. The molecule has 1 saturated heterocycles. The van der Waals surface area contributed by atoms with Crippen LogP contribution in [0.3, 0.4) is 0 Å². The van der Waals surface area contributed by atoms with E-state index in [0.29, 0.717) is 5.69 Å². The van der Waals surface area contributed by atoms with Crippen molar-refractivity contribution in [3.05, 3.63) is 71.8 Å². The summed E-state index contributed by atoms with van der Waals surface area (Å²) in [7, 11) is 3.97. The highest BCUT2D eigenvalue weighted by atomic mass is 16.4. The number of nitrogens with one attached hydrogen (secondary N) is 2. The van der Waals surface area contributed by atoms with Gasteiger partial charge in [-0.05, 0) is 53.1 Å². The molecule has 3 aromatic carbocycles. The molecule has 5 rings (SSSR count). The maximum atomic E-state index is 11.8. The Morgan fingerprint density at radius 2 is 1.58 bits per heavy atom. The number of carbonyl (C=O) groups is 1. The van der Waals surface area contributed by atoms with E-state index in [4.69, 9.17) is 0 Å². The van der Waals surface area contributed by atoms with Crippen LogP contribution in [-0.4, -0.2) is 61.2 Å². The molecule has 1 fully saturated rings. The smallest absolute Gasteiger partial charge is 0.337 e. The van der Waals surface area contributed by atoms with Crippen molar-refractivity contribution < 1.29 is 9.90 Å². The van der Waals surface area contributed by atoms with E-state index in [0.717, 1.165) is 55.1 Å². The minimum absolute atomic E-state index is 0.267. The molecule has 7 heteroatoms. The van der Waals surface area contributed by atoms with E-state index in [1.807, 2.05) is 6.07 Å². The van der Waals surface area contributed by atoms with Crippen molar-refractivity contribution in [2.45, 2.75) is 6.54 Å². The second kappa shape index (κ2) is 8.86. The Kier molecular flexibility index (Phi) is 5.76. The zero-order valence-electron chi connectivity index (χ0n) is 19.0. The van der Waals surface area contributed by atoms with Gasteiger partial charge in [-0.2, -0.15) is 0 Å². The Balaban J connectivity index is 1.37. The van der Waals surface area contributed by atoms with Crippen molar-refractivity contribution in [3.63, 3.8) is 0 Å². The third kappa shape index (κ3) is 4.43. The molecule has 2 heterocycles. The lowest BCUT2D eigenvalue weighted by atomic mass is 9.97. The van der Waals surface area contributed by atoms with Gasteiger partial charge in [-0.1, -0.05) is 42.5 Å². The Morgan fingerprint density at radius 1 is 0.879 bits per heavy atom. The summed E-state index contributed by atoms with van der Waals surface area (Å²) in [4.78, 5) is 16.7. The molecule has 0 radical (unpaired) electrons. The molecule has 170 valence electrons. The fourth-order valence-electron chi connectivity index (χ4n) is 4.59. The third-order valence-electron chi connectivity index (χ3n) is 6.51. The van der Waals surface area contributed by atoms with Gasteiger partial charge in [0.2, 0.25) is 0 Å². The molecule has 33 heavy (non-hydrogen) atoms. The van der Waals surface area contributed by atoms with E-state index in [2.05, 4.69) is 76.3 Å². The number of likely N-dealkylation sites (N-methyl/N-ethyl adjacent to an activating group) is 1. The van der Waals surface area contributed by atoms with Gasteiger partial charge in [0, 0.05) is 39.8 Å². The number of anilines is 2. The zero-order valence-corrected chi connectivity index (χ0v) is 19.0. The highest BCUT2D eigenvalue weighted by Gasteiger charge is 2.24. The normalized spacial score (nSPS) is 16.5. The first kappa shape index (κ1) is 21.5. The maximum absolute atomic E-state index is 11.8. The lowest BCUT2D eigenvalue weighted by molar-refractivity contribution is 0.0697. The van der Waals surface area contributed by atoms with Gasteiger partial charge in [0.25, 0.3) is 0 Å². The van der Waals surface area contributed by atoms with Crippen LogP contribution < -0.4 is 16.0 Å². The van der Waals surface area contributed by atoms with Crippen LogP contribution in [0, 0.1) is 0 Å². The van der Waals surface area contributed by atoms with Crippen molar-refractivity contribution in [2.24, 2.45) is 0 Å². The number of rotatable bonds is 5. The van der Waals surface area contributed by atoms with Gasteiger partial charge >= 0.3 is 5.97 Å². The van der Waals surface area contributed by atoms with E-state index < -0.39 is 5.97 Å². The highest BCUT2D eigenvalue weighted by molar-refractivity contribution is 6.01. The fraction of sp³-hybridized carbons (Fsp3) is 0.269. The average molecular weight is 444 g/mol. The quantitative estimate of drug-likeness (QED) is 0.555. The number of nitrogens with zero attached hydrogens (tertiary/aromatic N) is 3. The van der Waals surface area contributed by atoms with Gasteiger partial charge in [0.05, 0.1) is 16.9 Å². The number of hydrazine groups is 2. The minimum atomic E-state index is -0.945. The van der Waals surface area contributed by atoms with Gasteiger partial charge in [0.1, 0.15) is 0 Å². The van der Waals surface area contributed by atoms with Crippen LogP contribution in [0.1, 0.15) is 15.9 Å². The molecule has 0 aromatic heterocycles. The molecule has 2 aliphatic heterocycles. The fourth-order valence-corrected chi connectivity index (χ4v) is 4.59. The van der Waals surface area contributed by atoms with Crippen LogP contribution in [0.5, 0.6) is 0 Å². The van der Waals surface area contributed by atoms with E-state index in [1.165, 1.54) is 11.1 Å². The van der Waals surface area contributed by atoms with Gasteiger partial charge in [-0.3, -0.25) is 9.91 Å². The van der Waals surface area contributed by atoms with E-state index >= 15 is 0 Å². The van der Waals surface area contributed by atoms with Crippen LogP contribution in [0.15, 0.2) is 60.7 Å². The van der Waals surface area contributed by atoms with Crippen molar-refractivity contribution in [1.82, 2.24) is 15.3 Å². The first-order valence-corrected chi connectivity index (χ1v) is 11.3. The van der Waals surface area contributed by atoms with Gasteiger partial charge < -0.3 is 15.4 Å². The summed E-state index contributed by atoms with van der Waals surface area (Å²) in [5.74, 6) is -0.945. The molecular formula is C26H29N5O2. The number of aromatic carboxylic acids is 1. The first-order valence-electron chi connectivity index (χ1n) is 11.3. The Bertz CT molecular complexity index is 1170. The highest BCUT2D eigenvalue weighted by Crippen LogP contribution is 2.37. The van der Waals surface area contributed by atoms with Crippen LogP contribution >= 0.6 is 0 Å². The molecular weight excluding hydrogens is 414 g/mol. The molecule has 0 amide bonds. The number of hydrogen-bond donors (Lipinski definition) is 3. The van der Waals surface area contributed by atoms with E-state index in [-0.39, 0.29) is 5.56 Å². The first-order chi connectivity index (χ1) is 16.0. The monoisotopic (exact) mass is 443 g/mol. The maximum Gasteiger partial charge on any atom is 0.337 e. The zero-order chi connectivity index (χ0) is 22.9. The number of piperazine rings is 1. The van der Waals surface area contributed by atoms with Crippen LogP contribution in [0.2, 0.25) is 0 Å². The largest absolute Gasteiger partial charge is 0.478 e. The number of hydrogen-bond acceptors (Lipinski definition) is 6. The van der Waals surface area contributed by atoms with Crippen molar-refractivity contribution in [1.29, 1.82) is 0 Å². The van der Waals surface area contributed by atoms with Crippen molar-refractivity contribution in [2.75, 3.05) is 50.7 Å². The summed E-state index contributed by atoms with van der Waals surface area (Å²) in [5.41, 5.74) is 13.2. The second-order valence-corrected chi connectivity index (χ2v) is 8.88. The summed E-state index contributed by atoms with van der Waals surface area (Å²) in [6.45, 7) is 5.43. The van der Waals surface area contributed by atoms with Crippen molar-refractivity contribution in [3.8, 4) is 22.3 Å². The van der Waals surface area contributed by atoms with E-state index in [1.54, 1.807) is 18.1 Å². The van der Waals surface area contributed by atoms with Gasteiger partial charge in [0.15, 0.2) is 0 Å². The molecule has 0 unspecified atom stereocenters. The predicted octanol–water partition coefficient (Wildman–Crippen LogP) is 3.75. The number of carboxylic acids is 1. The summed E-state index contributed by atoms with van der Waals surface area (Å²) >= 11 is 0. The summed E-state index contributed by atoms with van der Waals surface area (Å²) in [5, 5.41) is 11.4. The summed E-state index contributed by atoms with van der Waals surface area (Å²) in [6, 6.07) is 20.8. The summed E-state index contributed by atoms with van der Waals surface area (Å²) < 4.78 is 0. The van der Waals surface area contributed by atoms with Gasteiger partial charge in [-0.25, -0.2) is 4.79 Å². The minimum Gasteiger partial charge on any atom is -0.478 e. The van der Waals surface area contributed by atoms with E-state index in [9.17, 15) is 9.90 Å². The lowest BCUT2D eigenvalue weighted by Crippen LogP contribution is -2.43. The molecule has 0 atom stereocenters. The molecule has 7 nitrogen and oxygen atoms in total. The lowest BCUT2D eigenvalue weighted by Gasteiger charge is -2.32. The summed E-state index contributed by atoms with van der Waals surface area (Å²) in [6.07, 6.45) is 0. The second-order valence-electron chi connectivity index (χ2n) is 8.88. The van der Waals surface area contributed by atoms with Gasteiger partial charge in [-0.15, -0.1) is 5.53 Å². The van der Waals surface area contributed by atoms with Crippen molar-refractivity contribution >= 4 is 17.3 Å². The molecule has 3 N–H and O–H groups in total. The third-order valence-corrected chi connectivity index (χ3v) is 6.51. The SMILES string of the molecule is CN1CCN(Cc2cccc(-c3ccc(-c4cc5c(c(C(=O)O)c4)N(C)NN5)cc3)c2)CC1. The molecule has 3 aromatic rings. The number of carboxylic acid groups (broad SMARTS) is 1. The van der Waals surface area contributed by atoms with Crippen LogP contribution in [0.25, 0.3) is 22.3 Å². The Hall–Kier alpha value is -3.39. The van der Waals surface area contributed by atoms with Crippen LogP contribution in [0.4, 0.5) is 11.4 Å². The standard InChI is InChI=1S/C26H29N5O2/c1-29-10-12-31(13-11-29)17-18-4-3-5-21(14-18)19-6-8-20(9-7-19)22-15-23(26(32)33)25-24(16-22)27-28-30(25)2/h3-9,14-16,27-28H,10-13,17H2,1-2H3,(H,32,33).